The average Bonchev–Trinajstić information content (AvgIpc) is 3.08. The number of rotatable bonds is 7. The van der Waals surface area contributed by atoms with Crippen molar-refractivity contribution in [2.24, 2.45) is 0 Å². The topological polar surface area (TPSA) is 60.9 Å². The number of aromatic nitrogens is 2. The monoisotopic (exact) mass is 279 g/mol. The molecule has 2 aromatic rings. The van der Waals surface area contributed by atoms with Crippen molar-refractivity contribution in [3.8, 4) is 10.6 Å². The second-order valence-electron chi connectivity index (χ2n) is 4.78. The normalized spacial score (nSPS) is 11.9. The minimum absolute atomic E-state index is 0.604. The molecular weight excluding hydrogens is 258 g/mol. The smallest absolute Gasteiger partial charge is 0.0794 e. The van der Waals surface area contributed by atoms with E-state index in [0.29, 0.717) is 13.1 Å². The lowest BCUT2D eigenvalue weighted by atomic mass is 9.97. The van der Waals surface area contributed by atoms with E-state index in [1.807, 2.05) is 26.1 Å². The third kappa shape index (κ3) is 3.43. The first-order valence-corrected chi connectivity index (χ1v) is 7.55. The number of hydrogen-bond donors (Lipinski definition) is 3. The molecule has 0 atom stereocenters. The fraction of sp³-hybridized carbons (Fsp3) is 0.500. The Balaban J connectivity index is 1.96. The lowest BCUT2D eigenvalue weighted by Crippen LogP contribution is -2.39. The van der Waals surface area contributed by atoms with Crippen LogP contribution in [0.2, 0.25) is 0 Å². The van der Waals surface area contributed by atoms with E-state index in [2.05, 4.69) is 27.0 Å². The number of H-pyrrole nitrogens is 1. The van der Waals surface area contributed by atoms with Gasteiger partial charge in [-0.05, 0) is 24.3 Å². The van der Waals surface area contributed by atoms with Crippen molar-refractivity contribution >= 4 is 11.3 Å². The first-order chi connectivity index (χ1) is 9.18. The predicted octanol–water partition coefficient (Wildman–Crippen LogP) is 2.78. The molecule has 5 heteroatoms. The molecule has 0 aliphatic rings. The van der Waals surface area contributed by atoms with E-state index < -0.39 is 5.60 Å². The van der Waals surface area contributed by atoms with Gasteiger partial charge in [0.25, 0.3) is 0 Å². The fourth-order valence-electron chi connectivity index (χ4n) is 2.01. The van der Waals surface area contributed by atoms with Crippen LogP contribution in [0.15, 0.2) is 23.7 Å². The summed E-state index contributed by atoms with van der Waals surface area (Å²) in [5.41, 5.74) is 1.60. The Morgan fingerprint density at radius 3 is 2.84 bits per heavy atom. The van der Waals surface area contributed by atoms with Crippen molar-refractivity contribution < 1.29 is 5.11 Å². The van der Waals surface area contributed by atoms with Gasteiger partial charge in [-0.3, -0.25) is 5.10 Å². The summed E-state index contributed by atoms with van der Waals surface area (Å²) in [7, 11) is 0. The van der Waals surface area contributed by atoms with E-state index in [4.69, 9.17) is 0 Å². The van der Waals surface area contributed by atoms with Crippen LogP contribution in [0.25, 0.3) is 10.6 Å². The van der Waals surface area contributed by atoms with Gasteiger partial charge in [0.2, 0.25) is 0 Å². The Morgan fingerprint density at radius 1 is 1.42 bits per heavy atom. The molecule has 2 aromatic heterocycles. The van der Waals surface area contributed by atoms with E-state index in [1.165, 1.54) is 4.88 Å². The standard InChI is InChI=1S/C14H21N3OS/c1-3-14(18,4-2)10-15-8-11-9-16-17-13(11)12-6-5-7-19-12/h5-7,9,15,18H,3-4,8,10H2,1-2H3,(H,16,17). The zero-order valence-corrected chi connectivity index (χ0v) is 12.3. The van der Waals surface area contributed by atoms with Crippen LogP contribution >= 0.6 is 11.3 Å². The van der Waals surface area contributed by atoms with E-state index in [9.17, 15) is 5.11 Å². The Hall–Kier alpha value is -1.17. The summed E-state index contributed by atoms with van der Waals surface area (Å²) >= 11 is 1.69. The summed E-state index contributed by atoms with van der Waals surface area (Å²) in [6, 6.07) is 4.11. The molecule has 0 radical (unpaired) electrons. The summed E-state index contributed by atoms with van der Waals surface area (Å²) in [4.78, 5) is 1.19. The Kier molecular flexibility index (Phi) is 4.74. The zero-order valence-electron chi connectivity index (χ0n) is 11.4. The predicted molar refractivity (Wildman–Crippen MR) is 79.1 cm³/mol. The molecule has 0 saturated heterocycles. The SMILES string of the molecule is CCC(O)(CC)CNCc1cn[nH]c1-c1cccs1. The molecule has 0 fully saturated rings. The minimum Gasteiger partial charge on any atom is -0.389 e. The van der Waals surface area contributed by atoms with E-state index in [1.54, 1.807) is 11.3 Å². The Bertz CT molecular complexity index is 489. The van der Waals surface area contributed by atoms with Crippen molar-refractivity contribution in [2.45, 2.75) is 38.8 Å². The van der Waals surface area contributed by atoms with Gasteiger partial charge in [0.05, 0.1) is 22.4 Å². The average molecular weight is 279 g/mol. The molecule has 2 rings (SSSR count). The number of nitrogens with zero attached hydrogens (tertiary/aromatic N) is 1. The van der Waals surface area contributed by atoms with Crippen molar-refractivity contribution in [3.63, 3.8) is 0 Å². The molecule has 0 aliphatic carbocycles. The van der Waals surface area contributed by atoms with Gasteiger partial charge in [-0.2, -0.15) is 5.10 Å². The highest BCUT2D eigenvalue weighted by molar-refractivity contribution is 7.13. The van der Waals surface area contributed by atoms with E-state index in [-0.39, 0.29) is 0 Å². The molecule has 0 unspecified atom stereocenters. The van der Waals surface area contributed by atoms with Crippen LogP contribution in [0, 0.1) is 0 Å². The first kappa shape index (κ1) is 14.2. The maximum Gasteiger partial charge on any atom is 0.0794 e. The van der Waals surface area contributed by atoms with Crippen LogP contribution in [0.1, 0.15) is 32.3 Å². The molecule has 0 aliphatic heterocycles. The van der Waals surface area contributed by atoms with Crippen LogP contribution in [-0.2, 0) is 6.54 Å². The summed E-state index contributed by atoms with van der Waals surface area (Å²) in [6.45, 7) is 5.35. The summed E-state index contributed by atoms with van der Waals surface area (Å²) in [5, 5.41) is 22.8. The zero-order chi connectivity index (χ0) is 13.7. The molecule has 0 saturated carbocycles. The van der Waals surface area contributed by atoms with Gasteiger partial charge >= 0.3 is 0 Å². The van der Waals surface area contributed by atoms with Gasteiger partial charge in [0.15, 0.2) is 0 Å². The highest BCUT2D eigenvalue weighted by atomic mass is 32.1. The number of nitrogens with one attached hydrogen (secondary N) is 2. The largest absolute Gasteiger partial charge is 0.389 e. The van der Waals surface area contributed by atoms with Crippen molar-refractivity contribution in [1.29, 1.82) is 0 Å². The molecule has 0 bridgehead atoms. The van der Waals surface area contributed by atoms with Crippen LogP contribution in [-0.4, -0.2) is 27.4 Å². The lowest BCUT2D eigenvalue weighted by molar-refractivity contribution is 0.0323. The molecule has 0 aromatic carbocycles. The number of aromatic amines is 1. The fourth-order valence-corrected chi connectivity index (χ4v) is 2.76. The third-order valence-electron chi connectivity index (χ3n) is 3.57. The highest BCUT2D eigenvalue weighted by Gasteiger charge is 2.21. The molecular formula is C14H21N3OS. The van der Waals surface area contributed by atoms with E-state index >= 15 is 0 Å². The number of thiophene rings is 1. The van der Waals surface area contributed by atoms with Crippen LogP contribution < -0.4 is 5.32 Å². The van der Waals surface area contributed by atoms with Gasteiger partial charge in [0, 0.05) is 18.7 Å². The summed E-state index contributed by atoms with van der Waals surface area (Å²) in [6.07, 6.45) is 3.37. The van der Waals surface area contributed by atoms with Gasteiger partial charge in [0.1, 0.15) is 0 Å². The third-order valence-corrected chi connectivity index (χ3v) is 4.46. The lowest BCUT2D eigenvalue weighted by Gasteiger charge is -2.25. The Morgan fingerprint density at radius 2 is 2.21 bits per heavy atom. The molecule has 0 amide bonds. The number of aliphatic hydroxyl groups is 1. The summed E-state index contributed by atoms with van der Waals surface area (Å²) < 4.78 is 0. The van der Waals surface area contributed by atoms with Crippen molar-refractivity contribution in [3.05, 3.63) is 29.3 Å². The second-order valence-corrected chi connectivity index (χ2v) is 5.73. The molecule has 2 heterocycles. The van der Waals surface area contributed by atoms with Gasteiger partial charge < -0.3 is 10.4 Å². The maximum absolute atomic E-state index is 10.2. The quantitative estimate of drug-likeness (QED) is 0.730. The highest BCUT2D eigenvalue weighted by Crippen LogP contribution is 2.25. The van der Waals surface area contributed by atoms with Crippen molar-refractivity contribution in [2.75, 3.05) is 6.54 Å². The summed E-state index contributed by atoms with van der Waals surface area (Å²) in [5.74, 6) is 0. The molecule has 19 heavy (non-hydrogen) atoms. The maximum atomic E-state index is 10.2. The van der Waals surface area contributed by atoms with Crippen LogP contribution in [0.4, 0.5) is 0 Å². The van der Waals surface area contributed by atoms with Gasteiger partial charge in [-0.25, -0.2) is 0 Å². The van der Waals surface area contributed by atoms with Crippen molar-refractivity contribution in [1.82, 2.24) is 15.5 Å². The molecule has 104 valence electrons. The first-order valence-electron chi connectivity index (χ1n) is 6.67. The van der Waals surface area contributed by atoms with Crippen LogP contribution in [0.3, 0.4) is 0 Å². The molecule has 0 spiro atoms. The Labute approximate surface area is 117 Å². The number of hydrogen-bond acceptors (Lipinski definition) is 4. The van der Waals surface area contributed by atoms with Gasteiger partial charge in [-0.1, -0.05) is 19.9 Å². The van der Waals surface area contributed by atoms with E-state index in [0.717, 1.165) is 24.1 Å². The molecule has 4 nitrogen and oxygen atoms in total. The second kappa shape index (κ2) is 6.32. The minimum atomic E-state index is -0.604. The van der Waals surface area contributed by atoms with Gasteiger partial charge in [-0.15, -0.1) is 11.3 Å². The van der Waals surface area contributed by atoms with Crippen LogP contribution in [0.5, 0.6) is 0 Å². The molecule has 3 N–H and O–H groups in total.